The number of nitrogens with two attached hydrogens (primary N) is 1. The second kappa shape index (κ2) is 7.10. The van der Waals surface area contributed by atoms with Crippen molar-refractivity contribution in [3.05, 3.63) is 59.4 Å². The highest BCUT2D eigenvalue weighted by molar-refractivity contribution is 7.99. The van der Waals surface area contributed by atoms with E-state index < -0.39 is 0 Å². The van der Waals surface area contributed by atoms with Crippen LogP contribution in [0.4, 0.5) is 4.39 Å². The van der Waals surface area contributed by atoms with Crippen molar-refractivity contribution in [2.75, 3.05) is 0 Å². The zero-order valence-electron chi connectivity index (χ0n) is 12.8. The molecular formula is C18H22FNS. The van der Waals surface area contributed by atoms with Gasteiger partial charge in [-0.25, -0.2) is 4.39 Å². The summed E-state index contributed by atoms with van der Waals surface area (Å²) < 4.78 is 14.0. The predicted molar refractivity (Wildman–Crippen MR) is 88.4 cm³/mol. The third-order valence-electron chi connectivity index (χ3n) is 3.38. The Morgan fingerprint density at radius 1 is 1.05 bits per heavy atom. The van der Waals surface area contributed by atoms with Crippen molar-refractivity contribution in [3.63, 3.8) is 0 Å². The molecule has 2 aromatic carbocycles. The summed E-state index contributed by atoms with van der Waals surface area (Å²) in [5, 5.41) is 0. The van der Waals surface area contributed by atoms with Crippen LogP contribution in [0.15, 0.2) is 52.3 Å². The molecule has 0 bridgehead atoms. The number of hydrogen-bond donors (Lipinski definition) is 1. The van der Waals surface area contributed by atoms with Crippen LogP contribution in [0.2, 0.25) is 0 Å². The van der Waals surface area contributed by atoms with Gasteiger partial charge in [0.25, 0.3) is 0 Å². The maximum absolute atomic E-state index is 14.0. The van der Waals surface area contributed by atoms with Crippen LogP contribution in [0.3, 0.4) is 0 Å². The highest BCUT2D eigenvalue weighted by Crippen LogP contribution is 2.33. The van der Waals surface area contributed by atoms with E-state index in [0.717, 1.165) is 9.79 Å². The number of hydrogen-bond acceptors (Lipinski definition) is 2. The van der Waals surface area contributed by atoms with Gasteiger partial charge in [0.2, 0.25) is 0 Å². The van der Waals surface area contributed by atoms with Gasteiger partial charge in [-0.3, -0.25) is 0 Å². The fourth-order valence-electron chi connectivity index (χ4n) is 2.20. The highest BCUT2D eigenvalue weighted by Gasteiger charge is 2.11. The van der Waals surface area contributed by atoms with Crippen molar-refractivity contribution in [3.8, 4) is 0 Å². The van der Waals surface area contributed by atoms with Gasteiger partial charge in [0.15, 0.2) is 0 Å². The van der Waals surface area contributed by atoms with Crippen LogP contribution in [0.1, 0.15) is 37.8 Å². The maximum Gasteiger partial charge on any atom is 0.127 e. The van der Waals surface area contributed by atoms with Gasteiger partial charge in [-0.15, -0.1) is 0 Å². The summed E-state index contributed by atoms with van der Waals surface area (Å²) in [4.78, 5) is 2.07. The summed E-state index contributed by atoms with van der Waals surface area (Å²) in [6.07, 6.45) is 0.555. The first-order valence-corrected chi connectivity index (χ1v) is 8.09. The van der Waals surface area contributed by atoms with Crippen LogP contribution in [0.5, 0.6) is 0 Å². The second-order valence-electron chi connectivity index (χ2n) is 5.72. The van der Waals surface area contributed by atoms with E-state index >= 15 is 0 Å². The molecule has 21 heavy (non-hydrogen) atoms. The molecule has 0 saturated heterocycles. The first-order valence-electron chi connectivity index (χ1n) is 7.28. The summed E-state index contributed by atoms with van der Waals surface area (Å²) in [6.45, 7) is 6.25. The van der Waals surface area contributed by atoms with E-state index in [9.17, 15) is 4.39 Å². The summed E-state index contributed by atoms with van der Waals surface area (Å²) in [5.74, 6) is 0.350. The Kier molecular flexibility index (Phi) is 5.43. The molecule has 0 spiro atoms. The molecule has 0 aliphatic rings. The molecule has 1 atom stereocenters. The number of rotatable bonds is 5. The van der Waals surface area contributed by atoms with Gasteiger partial charge in [0.1, 0.15) is 5.82 Å². The monoisotopic (exact) mass is 303 g/mol. The predicted octanol–water partition coefficient (Wildman–Crippen LogP) is 4.99. The summed E-state index contributed by atoms with van der Waals surface area (Å²) >= 11 is 1.60. The quantitative estimate of drug-likeness (QED) is 0.842. The molecule has 3 heteroatoms. The SMILES string of the molecule is CC(N)Cc1c(F)cccc1Sc1ccc(C(C)C)cc1. The smallest absolute Gasteiger partial charge is 0.127 e. The standard InChI is InChI=1S/C18H22FNS/c1-12(2)14-7-9-15(10-8-14)21-18-6-4-5-17(19)16(18)11-13(3)20/h4-10,12-13H,11,20H2,1-3H3. The van der Waals surface area contributed by atoms with Crippen LogP contribution in [0, 0.1) is 5.82 Å². The Balaban J connectivity index is 2.24. The van der Waals surface area contributed by atoms with E-state index in [1.807, 2.05) is 13.0 Å². The van der Waals surface area contributed by atoms with E-state index in [-0.39, 0.29) is 11.9 Å². The van der Waals surface area contributed by atoms with Crippen molar-refractivity contribution in [1.82, 2.24) is 0 Å². The van der Waals surface area contributed by atoms with E-state index in [0.29, 0.717) is 17.9 Å². The van der Waals surface area contributed by atoms with Gasteiger partial charge in [-0.1, -0.05) is 43.8 Å². The minimum atomic E-state index is -0.170. The molecule has 0 fully saturated rings. The Morgan fingerprint density at radius 3 is 2.29 bits per heavy atom. The average Bonchev–Trinajstić information content (AvgIpc) is 2.43. The molecule has 0 aromatic heterocycles. The second-order valence-corrected chi connectivity index (χ2v) is 6.84. The lowest BCUT2D eigenvalue weighted by molar-refractivity contribution is 0.588. The van der Waals surface area contributed by atoms with Crippen molar-refractivity contribution in [2.45, 2.75) is 48.9 Å². The average molecular weight is 303 g/mol. The Labute approximate surface area is 130 Å². The number of halogens is 1. The summed E-state index contributed by atoms with van der Waals surface area (Å²) in [5.41, 5.74) is 7.86. The molecular weight excluding hydrogens is 281 g/mol. The van der Waals surface area contributed by atoms with Crippen molar-refractivity contribution < 1.29 is 4.39 Å². The fraction of sp³-hybridized carbons (Fsp3) is 0.333. The van der Waals surface area contributed by atoms with Crippen LogP contribution in [0.25, 0.3) is 0 Å². The van der Waals surface area contributed by atoms with Gasteiger partial charge in [0.05, 0.1) is 0 Å². The minimum Gasteiger partial charge on any atom is -0.328 e. The normalized spacial score (nSPS) is 12.7. The molecule has 0 aliphatic heterocycles. The van der Waals surface area contributed by atoms with E-state index in [1.54, 1.807) is 17.8 Å². The molecule has 2 N–H and O–H groups in total. The molecule has 1 nitrogen and oxygen atoms in total. The number of benzene rings is 2. The topological polar surface area (TPSA) is 26.0 Å². The van der Waals surface area contributed by atoms with Gasteiger partial charge in [0, 0.05) is 21.4 Å². The first-order chi connectivity index (χ1) is 9.97. The Bertz CT molecular complexity index is 591. The van der Waals surface area contributed by atoms with Crippen LogP contribution in [-0.4, -0.2) is 6.04 Å². The molecule has 2 aromatic rings. The lowest BCUT2D eigenvalue weighted by Crippen LogP contribution is -2.19. The van der Waals surface area contributed by atoms with E-state index in [4.69, 9.17) is 5.73 Å². The zero-order chi connectivity index (χ0) is 15.4. The van der Waals surface area contributed by atoms with E-state index in [2.05, 4.69) is 38.1 Å². The van der Waals surface area contributed by atoms with Crippen molar-refractivity contribution in [1.29, 1.82) is 0 Å². The third kappa shape index (κ3) is 4.32. The van der Waals surface area contributed by atoms with Crippen LogP contribution < -0.4 is 5.73 Å². The van der Waals surface area contributed by atoms with Gasteiger partial charge >= 0.3 is 0 Å². The summed E-state index contributed by atoms with van der Waals surface area (Å²) in [6, 6.07) is 13.6. The summed E-state index contributed by atoms with van der Waals surface area (Å²) in [7, 11) is 0. The Hall–Kier alpha value is -1.32. The molecule has 0 aliphatic carbocycles. The third-order valence-corrected chi connectivity index (χ3v) is 4.49. The molecule has 2 rings (SSSR count). The van der Waals surface area contributed by atoms with E-state index in [1.165, 1.54) is 11.6 Å². The van der Waals surface area contributed by atoms with Crippen LogP contribution >= 0.6 is 11.8 Å². The fourth-order valence-corrected chi connectivity index (χ4v) is 3.18. The van der Waals surface area contributed by atoms with Gasteiger partial charge in [-0.2, -0.15) is 0 Å². The molecule has 112 valence electrons. The minimum absolute atomic E-state index is 0.0513. The van der Waals surface area contributed by atoms with Crippen LogP contribution in [-0.2, 0) is 6.42 Å². The Morgan fingerprint density at radius 2 is 1.71 bits per heavy atom. The maximum atomic E-state index is 14.0. The highest BCUT2D eigenvalue weighted by atomic mass is 32.2. The van der Waals surface area contributed by atoms with Crippen molar-refractivity contribution in [2.24, 2.45) is 5.73 Å². The lowest BCUT2D eigenvalue weighted by Gasteiger charge is -2.13. The molecule has 0 heterocycles. The molecule has 0 amide bonds. The van der Waals surface area contributed by atoms with Crippen molar-refractivity contribution >= 4 is 11.8 Å². The first kappa shape index (κ1) is 16.1. The lowest BCUT2D eigenvalue weighted by atomic mass is 10.0. The molecule has 0 saturated carbocycles. The largest absolute Gasteiger partial charge is 0.328 e. The molecule has 1 unspecified atom stereocenters. The van der Waals surface area contributed by atoms with Gasteiger partial charge in [-0.05, 0) is 49.1 Å². The zero-order valence-corrected chi connectivity index (χ0v) is 13.6. The van der Waals surface area contributed by atoms with Gasteiger partial charge < -0.3 is 5.73 Å². The molecule has 0 radical (unpaired) electrons.